The first kappa shape index (κ1) is 21.3. The van der Waals surface area contributed by atoms with E-state index in [0.29, 0.717) is 6.61 Å². The standard InChI is InChI=1S/C21H31ClN2OS/c1-2-3-4-5-6-7-14-26-17-21(15-24-13-12-23-18-24)25-16-19-8-10-20(22)11-9-19/h8-13,18,21H,2-7,14-17H2,1H3. The zero-order valence-corrected chi connectivity index (χ0v) is 17.4. The van der Waals surface area contributed by atoms with Crippen LogP contribution in [0.1, 0.15) is 51.0 Å². The Morgan fingerprint density at radius 1 is 1.12 bits per heavy atom. The summed E-state index contributed by atoms with van der Waals surface area (Å²) < 4.78 is 8.28. The summed E-state index contributed by atoms with van der Waals surface area (Å²) >= 11 is 7.96. The molecule has 0 spiro atoms. The lowest BCUT2D eigenvalue weighted by molar-refractivity contribution is 0.0450. The Morgan fingerprint density at radius 2 is 1.88 bits per heavy atom. The molecule has 0 aliphatic rings. The van der Waals surface area contributed by atoms with Gasteiger partial charge in [-0.3, -0.25) is 0 Å². The number of ether oxygens (including phenoxy) is 1. The number of imidazole rings is 1. The average molecular weight is 395 g/mol. The van der Waals surface area contributed by atoms with Crippen LogP contribution in [0.25, 0.3) is 0 Å². The van der Waals surface area contributed by atoms with Crippen LogP contribution in [0.3, 0.4) is 0 Å². The van der Waals surface area contributed by atoms with E-state index in [-0.39, 0.29) is 6.10 Å². The number of benzene rings is 1. The van der Waals surface area contributed by atoms with Gasteiger partial charge in [0.2, 0.25) is 0 Å². The average Bonchev–Trinajstić information content (AvgIpc) is 3.16. The minimum absolute atomic E-state index is 0.185. The molecular formula is C21H31ClN2OS. The van der Waals surface area contributed by atoms with E-state index < -0.39 is 0 Å². The third-order valence-electron chi connectivity index (χ3n) is 4.32. The zero-order valence-electron chi connectivity index (χ0n) is 15.8. The van der Waals surface area contributed by atoms with Crippen molar-refractivity contribution in [3.63, 3.8) is 0 Å². The molecule has 1 unspecified atom stereocenters. The number of aromatic nitrogens is 2. The third kappa shape index (κ3) is 9.11. The summed E-state index contributed by atoms with van der Waals surface area (Å²) in [6.45, 7) is 3.73. The van der Waals surface area contributed by atoms with E-state index in [2.05, 4.69) is 16.5 Å². The molecule has 0 amide bonds. The van der Waals surface area contributed by atoms with Crippen molar-refractivity contribution in [3.05, 3.63) is 53.6 Å². The fourth-order valence-electron chi connectivity index (χ4n) is 2.78. The zero-order chi connectivity index (χ0) is 18.5. The van der Waals surface area contributed by atoms with Crippen molar-refractivity contribution in [1.82, 2.24) is 9.55 Å². The fraction of sp³-hybridized carbons (Fsp3) is 0.571. The Kier molecular flexibility index (Phi) is 10.9. The molecule has 0 saturated heterocycles. The molecular weight excluding hydrogens is 364 g/mol. The molecule has 144 valence electrons. The van der Waals surface area contributed by atoms with Gasteiger partial charge >= 0.3 is 0 Å². The lowest BCUT2D eigenvalue weighted by Crippen LogP contribution is -2.22. The van der Waals surface area contributed by atoms with Crippen LogP contribution in [0.4, 0.5) is 0 Å². The number of nitrogens with zero attached hydrogens (tertiary/aromatic N) is 2. The van der Waals surface area contributed by atoms with E-state index in [9.17, 15) is 0 Å². The smallest absolute Gasteiger partial charge is 0.0946 e. The SMILES string of the molecule is CCCCCCCCSCC(Cn1ccnc1)OCc1ccc(Cl)cc1. The molecule has 1 atom stereocenters. The van der Waals surface area contributed by atoms with Crippen LogP contribution in [0.2, 0.25) is 5.02 Å². The van der Waals surface area contributed by atoms with E-state index in [0.717, 1.165) is 22.9 Å². The lowest BCUT2D eigenvalue weighted by atomic mass is 10.1. The second-order valence-electron chi connectivity index (χ2n) is 6.66. The summed E-state index contributed by atoms with van der Waals surface area (Å²) in [5.41, 5.74) is 1.16. The van der Waals surface area contributed by atoms with Gasteiger partial charge in [0.05, 0.1) is 25.6 Å². The van der Waals surface area contributed by atoms with Gasteiger partial charge in [-0.05, 0) is 29.9 Å². The first-order valence-electron chi connectivity index (χ1n) is 9.67. The van der Waals surface area contributed by atoms with Crippen LogP contribution < -0.4 is 0 Å². The third-order valence-corrected chi connectivity index (χ3v) is 5.76. The normalized spacial score (nSPS) is 12.4. The molecule has 2 rings (SSSR count). The number of thioether (sulfide) groups is 1. The van der Waals surface area contributed by atoms with Gasteiger partial charge in [-0.15, -0.1) is 0 Å². The molecule has 1 heterocycles. The maximum Gasteiger partial charge on any atom is 0.0946 e. The van der Waals surface area contributed by atoms with Crippen LogP contribution in [-0.4, -0.2) is 27.2 Å². The van der Waals surface area contributed by atoms with Crippen molar-refractivity contribution < 1.29 is 4.74 Å². The first-order valence-corrected chi connectivity index (χ1v) is 11.2. The molecule has 0 saturated carbocycles. The molecule has 2 aromatic rings. The molecule has 0 bridgehead atoms. The molecule has 0 aliphatic carbocycles. The molecule has 1 aromatic carbocycles. The van der Waals surface area contributed by atoms with Gasteiger partial charge in [0.15, 0.2) is 0 Å². The quantitative estimate of drug-likeness (QED) is 0.356. The van der Waals surface area contributed by atoms with E-state index in [4.69, 9.17) is 16.3 Å². The molecule has 26 heavy (non-hydrogen) atoms. The van der Waals surface area contributed by atoms with Gasteiger partial charge in [0, 0.05) is 23.2 Å². The minimum Gasteiger partial charge on any atom is -0.371 e. The Morgan fingerprint density at radius 3 is 2.62 bits per heavy atom. The Labute approximate surface area is 167 Å². The molecule has 1 aromatic heterocycles. The van der Waals surface area contributed by atoms with Crippen molar-refractivity contribution in [2.24, 2.45) is 0 Å². The predicted molar refractivity (Wildman–Crippen MR) is 113 cm³/mol. The summed E-state index contributed by atoms with van der Waals surface area (Å²) in [4.78, 5) is 4.13. The van der Waals surface area contributed by atoms with Crippen LogP contribution in [-0.2, 0) is 17.9 Å². The van der Waals surface area contributed by atoms with E-state index in [1.54, 1.807) is 0 Å². The Balaban J connectivity index is 1.70. The van der Waals surface area contributed by atoms with Crippen LogP contribution in [0, 0.1) is 0 Å². The molecule has 5 heteroatoms. The van der Waals surface area contributed by atoms with E-state index >= 15 is 0 Å². The summed E-state index contributed by atoms with van der Waals surface area (Å²) in [5, 5.41) is 0.762. The number of halogens is 1. The largest absolute Gasteiger partial charge is 0.371 e. The molecule has 0 aliphatic heterocycles. The second-order valence-corrected chi connectivity index (χ2v) is 8.25. The summed E-state index contributed by atoms with van der Waals surface area (Å²) in [7, 11) is 0. The van der Waals surface area contributed by atoms with Crippen LogP contribution in [0.15, 0.2) is 43.0 Å². The Bertz CT molecular complexity index is 574. The highest BCUT2D eigenvalue weighted by atomic mass is 35.5. The van der Waals surface area contributed by atoms with E-state index in [1.807, 2.05) is 54.7 Å². The van der Waals surface area contributed by atoms with Crippen molar-refractivity contribution in [3.8, 4) is 0 Å². The predicted octanol–water partition coefficient (Wildman–Crippen LogP) is 6.22. The minimum atomic E-state index is 0.185. The summed E-state index contributed by atoms with van der Waals surface area (Å²) in [5.74, 6) is 2.23. The fourth-order valence-corrected chi connectivity index (χ4v) is 3.94. The number of hydrogen-bond acceptors (Lipinski definition) is 3. The highest BCUT2D eigenvalue weighted by molar-refractivity contribution is 7.99. The maximum atomic E-state index is 6.19. The van der Waals surface area contributed by atoms with Crippen LogP contribution in [0.5, 0.6) is 0 Å². The van der Waals surface area contributed by atoms with Gasteiger partial charge in [-0.25, -0.2) is 4.98 Å². The van der Waals surface area contributed by atoms with Gasteiger partial charge in [-0.2, -0.15) is 11.8 Å². The van der Waals surface area contributed by atoms with Crippen molar-refractivity contribution in [2.75, 3.05) is 11.5 Å². The molecule has 0 fully saturated rings. The van der Waals surface area contributed by atoms with Crippen molar-refractivity contribution in [2.45, 2.75) is 64.7 Å². The van der Waals surface area contributed by atoms with Gasteiger partial charge in [0.25, 0.3) is 0 Å². The summed E-state index contributed by atoms with van der Waals surface area (Å²) in [6, 6.07) is 7.89. The Hall–Kier alpha value is -0.970. The van der Waals surface area contributed by atoms with Gasteiger partial charge in [0.1, 0.15) is 0 Å². The monoisotopic (exact) mass is 394 g/mol. The van der Waals surface area contributed by atoms with Gasteiger partial charge in [-0.1, -0.05) is 62.8 Å². The molecule has 0 N–H and O–H groups in total. The topological polar surface area (TPSA) is 27.1 Å². The maximum absolute atomic E-state index is 6.19. The number of hydrogen-bond donors (Lipinski definition) is 0. The number of rotatable bonds is 14. The molecule has 0 radical (unpaired) electrons. The van der Waals surface area contributed by atoms with E-state index in [1.165, 1.54) is 44.3 Å². The highest BCUT2D eigenvalue weighted by Gasteiger charge is 2.11. The lowest BCUT2D eigenvalue weighted by Gasteiger charge is -2.18. The highest BCUT2D eigenvalue weighted by Crippen LogP contribution is 2.16. The summed E-state index contributed by atoms with van der Waals surface area (Å²) in [6.07, 6.45) is 14.0. The number of unbranched alkanes of at least 4 members (excludes halogenated alkanes) is 5. The molecule has 3 nitrogen and oxygen atoms in total. The van der Waals surface area contributed by atoms with Crippen molar-refractivity contribution in [1.29, 1.82) is 0 Å². The first-order chi connectivity index (χ1) is 12.8. The van der Waals surface area contributed by atoms with Gasteiger partial charge < -0.3 is 9.30 Å². The second kappa shape index (κ2) is 13.2. The van der Waals surface area contributed by atoms with Crippen molar-refractivity contribution >= 4 is 23.4 Å². The van der Waals surface area contributed by atoms with Crippen LogP contribution >= 0.6 is 23.4 Å².